The molecule has 0 aliphatic rings. The summed E-state index contributed by atoms with van der Waals surface area (Å²) in [6.45, 7) is 8.99. The van der Waals surface area contributed by atoms with Gasteiger partial charge in [0, 0.05) is 17.3 Å². The molecule has 188 valence electrons. The van der Waals surface area contributed by atoms with Crippen molar-refractivity contribution in [2.75, 3.05) is 54.3 Å². The number of unbranched alkanes of at least 4 members (excludes halogenated alkanes) is 9. The topological polar surface area (TPSA) is 27.7 Å². The average molecular weight is 515 g/mol. The van der Waals surface area contributed by atoms with Gasteiger partial charge in [0.2, 0.25) is 0 Å². The number of rotatable bonds is 27. The van der Waals surface area contributed by atoms with Gasteiger partial charge in [-0.2, -0.15) is 35.3 Å². The first kappa shape index (κ1) is 32.4. The highest BCUT2D eigenvalue weighted by atomic mass is 32.2. The Hall–Kier alpha value is 1.36. The number of hydrogen-bond donors (Lipinski definition) is 0. The molecule has 7 heteroatoms. The van der Waals surface area contributed by atoms with Crippen molar-refractivity contribution in [3.63, 3.8) is 0 Å². The summed E-state index contributed by atoms with van der Waals surface area (Å²) in [7, 11) is -1.19. The van der Waals surface area contributed by atoms with E-state index in [0.29, 0.717) is 0 Å². The zero-order valence-corrected chi connectivity index (χ0v) is 24.1. The molecule has 0 N–H and O–H groups in total. The summed E-state index contributed by atoms with van der Waals surface area (Å²) in [6, 6.07) is 0. The Morgan fingerprint density at radius 2 is 0.742 bits per heavy atom. The Morgan fingerprint density at radius 1 is 0.419 bits per heavy atom. The third-order valence-electron chi connectivity index (χ3n) is 4.70. The fourth-order valence-electron chi connectivity index (χ4n) is 2.82. The van der Waals surface area contributed by atoms with E-state index in [4.69, 9.17) is 13.6 Å². The van der Waals surface area contributed by atoms with Crippen LogP contribution in [0.2, 0.25) is 0 Å². The molecule has 0 saturated carbocycles. The molecule has 0 amide bonds. The first-order valence-corrected chi connectivity index (χ1v) is 17.3. The lowest BCUT2D eigenvalue weighted by Gasteiger charge is -2.16. The molecule has 0 bridgehead atoms. The van der Waals surface area contributed by atoms with Crippen molar-refractivity contribution in [3.8, 4) is 0 Å². The van der Waals surface area contributed by atoms with Crippen LogP contribution in [-0.4, -0.2) is 54.3 Å². The van der Waals surface area contributed by atoms with Crippen molar-refractivity contribution in [1.29, 1.82) is 0 Å². The fourth-order valence-corrected chi connectivity index (χ4v) is 6.58. The maximum Gasteiger partial charge on any atom is 0.332 e. The van der Waals surface area contributed by atoms with Gasteiger partial charge in [0.05, 0.1) is 19.8 Å². The zero-order valence-electron chi connectivity index (χ0n) is 20.7. The Labute approximate surface area is 209 Å². The molecule has 0 radical (unpaired) electrons. The van der Waals surface area contributed by atoms with Gasteiger partial charge in [0.1, 0.15) is 0 Å². The molecular formula is C24H51O3PS3. The molecule has 0 aromatic carbocycles. The summed E-state index contributed by atoms with van der Waals surface area (Å²) in [5.41, 5.74) is 0. The predicted octanol–water partition coefficient (Wildman–Crippen LogP) is 9.20. The minimum absolute atomic E-state index is 0.735. The monoisotopic (exact) mass is 514 g/mol. The van der Waals surface area contributed by atoms with E-state index in [1.807, 2.05) is 35.3 Å². The van der Waals surface area contributed by atoms with Crippen molar-refractivity contribution in [2.24, 2.45) is 0 Å². The minimum Gasteiger partial charge on any atom is -0.311 e. The molecule has 0 unspecified atom stereocenters. The molecule has 0 aliphatic heterocycles. The van der Waals surface area contributed by atoms with Gasteiger partial charge >= 0.3 is 8.60 Å². The van der Waals surface area contributed by atoms with Gasteiger partial charge in [-0.15, -0.1) is 0 Å². The van der Waals surface area contributed by atoms with E-state index in [2.05, 4.69) is 20.8 Å². The minimum atomic E-state index is -1.19. The molecule has 0 aromatic heterocycles. The molecular weight excluding hydrogens is 463 g/mol. The molecule has 0 heterocycles. The van der Waals surface area contributed by atoms with E-state index >= 15 is 0 Å². The largest absolute Gasteiger partial charge is 0.332 e. The molecule has 0 aliphatic carbocycles. The summed E-state index contributed by atoms with van der Waals surface area (Å²) in [4.78, 5) is 0. The van der Waals surface area contributed by atoms with Crippen LogP contribution in [0.5, 0.6) is 0 Å². The smallest absolute Gasteiger partial charge is 0.311 e. The molecule has 0 atom stereocenters. The van der Waals surface area contributed by atoms with Crippen LogP contribution in [-0.2, 0) is 13.6 Å². The summed E-state index contributed by atoms with van der Waals surface area (Å²) in [5.74, 6) is 6.84. The van der Waals surface area contributed by atoms with Gasteiger partial charge in [0.15, 0.2) is 0 Å². The summed E-state index contributed by atoms with van der Waals surface area (Å²) in [6.07, 6.45) is 16.0. The standard InChI is InChI=1S/C24H51O3PS3/c1-4-7-10-13-19-29-22-16-25-28(26-17-23-30-20-14-11-8-5-2)27-18-24-31-21-15-12-9-6-3/h4-24H2,1-3H3. The molecule has 0 saturated heterocycles. The third kappa shape index (κ3) is 27.5. The lowest BCUT2D eigenvalue weighted by Crippen LogP contribution is -2.04. The lowest BCUT2D eigenvalue weighted by molar-refractivity contribution is 0.179. The fraction of sp³-hybridized carbons (Fsp3) is 1.00. The first-order chi connectivity index (χ1) is 15.3. The Kier molecular flexibility index (Phi) is 30.7. The van der Waals surface area contributed by atoms with Gasteiger partial charge < -0.3 is 13.6 Å². The van der Waals surface area contributed by atoms with Gasteiger partial charge in [0.25, 0.3) is 0 Å². The van der Waals surface area contributed by atoms with E-state index < -0.39 is 8.60 Å². The molecule has 3 nitrogen and oxygen atoms in total. The van der Waals surface area contributed by atoms with Gasteiger partial charge in [-0.3, -0.25) is 0 Å². The molecule has 0 fully saturated rings. The van der Waals surface area contributed by atoms with Crippen molar-refractivity contribution >= 4 is 43.9 Å². The van der Waals surface area contributed by atoms with Crippen molar-refractivity contribution in [1.82, 2.24) is 0 Å². The maximum atomic E-state index is 5.97. The van der Waals surface area contributed by atoms with E-state index in [-0.39, 0.29) is 0 Å². The van der Waals surface area contributed by atoms with Crippen LogP contribution < -0.4 is 0 Å². The predicted molar refractivity (Wildman–Crippen MR) is 149 cm³/mol. The van der Waals surface area contributed by atoms with Crippen molar-refractivity contribution in [3.05, 3.63) is 0 Å². The van der Waals surface area contributed by atoms with E-state index in [1.165, 1.54) is 94.3 Å². The Bertz CT molecular complexity index is 281. The van der Waals surface area contributed by atoms with Crippen LogP contribution in [0.25, 0.3) is 0 Å². The Morgan fingerprint density at radius 3 is 1.03 bits per heavy atom. The summed E-state index contributed by atoms with van der Waals surface area (Å²) < 4.78 is 17.9. The van der Waals surface area contributed by atoms with Crippen molar-refractivity contribution < 1.29 is 13.6 Å². The maximum absolute atomic E-state index is 5.97. The lowest BCUT2D eigenvalue weighted by atomic mass is 10.2. The molecule has 31 heavy (non-hydrogen) atoms. The van der Waals surface area contributed by atoms with Crippen LogP contribution in [0.15, 0.2) is 0 Å². The van der Waals surface area contributed by atoms with Crippen LogP contribution in [0.4, 0.5) is 0 Å². The second-order valence-electron chi connectivity index (χ2n) is 7.74. The van der Waals surface area contributed by atoms with Crippen LogP contribution >= 0.6 is 43.9 Å². The van der Waals surface area contributed by atoms with Crippen LogP contribution in [0.1, 0.15) is 97.8 Å². The van der Waals surface area contributed by atoms with Crippen LogP contribution in [0.3, 0.4) is 0 Å². The third-order valence-corrected chi connectivity index (χ3v) is 8.98. The summed E-state index contributed by atoms with van der Waals surface area (Å²) in [5, 5.41) is 0. The summed E-state index contributed by atoms with van der Waals surface area (Å²) >= 11 is 5.98. The second-order valence-corrected chi connectivity index (χ2v) is 12.6. The quantitative estimate of drug-likeness (QED) is 0.0801. The van der Waals surface area contributed by atoms with Crippen molar-refractivity contribution in [2.45, 2.75) is 97.8 Å². The Balaban J connectivity index is 3.82. The van der Waals surface area contributed by atoms with Crippen LogP contribution in [0, 0.1) is 0 Å². The van der Waals surface area contributed by atoms with Gasteiger partial charge in [-0.05, 0) is 36.5 Å². The van der Waals surface area contributed by atoms with E-state index in [9.17, 15) is 0 Å². The average Bonchev–Trinajstić information content (AvgIpc) is 2.78. The highest BCUT2D eigenvalue weighted by Gasteiger charge is 2.12. The number of hydrogen-bond acceptors (Lipinski definition) is 6. The SMILES string of the molecule is CCCCCCSCCOP(OCCSCCCCCC)OCCSCCCCCC. The normalized spacial score (nSPS) is 11.6. The zero-order chi connectivity index (χ0) is 22.7. The molecule has 0 rings (SSSR count). The second kappa shape index (κ2) is 29.4. The van der Waals surface area contributed by atoms with Gasteiger partial charge in [-0.25, -0.2) is 0 Å². The molecule has 0 spiro atoms. The molecule has 0 aromatic rings. The van der Waals surface area contributed by atoms with E-state index in [0.717, 1.165) is 37.1 Å². The highest BCUT2D eigenvalue weighted by Crippen LogP contribution is 2.40. The van der Waals surface area contributed by atoms with Gasteiger partial charge in [-0.1, -0.05) is 78.6 Å². The van der Waals surface area contributed by atoms with E-state index in [1.54, 1.807) is 0 Å². The first-order valence-electron chi connectivity index (χ1n) is 12.8. The highest BCUT2D eigenvalue weighted by molar-refractivity contribution is 7.99. The number of thioether (sulfide) groups is 3.